The topological polar surface area (TPSA) is 122 Å². The number of ether oxygens (including phenoxy) is 1. The molecule has 2 saturated heterocycles. The SMILES string of the molecule is O=C(c1cncc(-c2noc(C3CCCCN3C(=O)COc3ccccc3)n2)c1)N1CCC(O)C1. The molecular formula is C25H27N5O5. The molecule has 182 valence electrons. The van der Waals surface area contributed by atoms with Crippen molar-refractivity contribution in [2.45, 2.75) is 37.8 Å². The number of nitrogens with zero attached hydrogens (tertiary/aromatic N) is 5. The third kappa shape index (κ3) is 5.17. The number of likely N-dealkylation sites (tertiary alicyclic amines) is 2. The number of rotatable bonds is 6. The molecule has 2 aliphatic rings. The second kappa shape index (κ2) is 10.2. The van der Waals surface area contributed by atoms with E-state index in [0.717, 1.165) is 12.8 Å². The second-order valence-corrected chi connectivity index (χ2v) is 8.81. The Balaban J connectivity index is 1.29. The fourth-order valence-electron chi connectivity index (χ4n) is 4.51. The Morgan fingerprint density at radius 2 is 1.97 bits per heavy atom. The van der Waals surface area contributed by atoms with Crippen molar-refractivity contribution >= 4 is 11.8 Å². The van der Waals surface area contributed by atoms with Gasteiger partial charge in [0.15, 0.2) is 6.61 Å². The minimum absolute atomic E-state index is 0.0687. The van der Waals surface area contributed by atoms with E-state index in [-0.39, 0.29) is 24.5 Å². The van der Waals surface area contributed by atoms with Gasteiger partial charge in [-0.2, -0.15) is 4.98 Å². The zero-order valence-corrected chi connectivity index (χ0v) is 19.2. The summed E-state index contributed by atoms with van der Waals surface area (Å²) in [6, 6.07) is 10.6. The van der Waals surface area contributed by atoms with Crippen LogP contribution in [0.1, 0.15) is 48.0 Å². The Morgan fingerprint density at radius 1 is 1.11 bits per heavy atom. The number of carbonyl (C=O) groups is 2. The zero-order valence-electron chi connectivity index (χ0n) is 19.2. The molecule has 4 heterocycles. The quantitative estimate of drug-likeness (QED) is 0.575. The minimum atomic E-state index is -0.492. The van der Waals surface area contributed by atoms with Crippen LogP contribution in [0.2, 0.25) is 0 Å². The Hall–Kier alpha value is -3.79. The van der Waals surface area contributed by atoms with Crippen LogP contribution in [0.15, 0.2) is 53.3 Å². The van der Waals surface area contributed by atoms with Gasteiger partial charge >= 0.3 is 0 Å². The van der Waals surface area contributed by atoms with Crippen LogP contribution in [0.4, 0.5) is 0 Å². The summed E-state index contributed by atoms with van der Waals surface area (Å²) in [5.41, 5.74) is 0.946. The molecule has 2 fully saturated rings. The number of aromatic nitrogens is 3. The maximum absolute atomic E-state index is 12.9. The van der Waals surface area contributed by atoms with E-state index >= 15 is 0 Å². The number of hydrogen-bond acceptors (Lipinski definition) is 8. The average molecular weight is 478 g/mol. The van der Waals surface area contributed by atoms with Crippen molar-refractivity contribution in [3.05, 3.63) is 60.2 Å². The lowest BCUT2D eigenvalue weighted by molar-refractivity contribution is -0.138. The first-order chi connectivity index (χ1) is 17.1. The van der Waals surface area contributed by atoms with Gasteiger partial charge < -0.3 is 24.2 Å². The molecule has 35 heavy (non-hydrogen) atoms. The van der Waals surface area contributed by atoms with Crippen LogP contribution in [0.5, 0.6) is 5.75 Å². The zero-order chi connectivity index (χ0) is 24.2. The summed E-state index contributed by atoms with van der Waals surface area (Å²) < 4.78 is 11.2. The van der Waals surface area contributed by atoms with Crippen molar-refractivity contribution < 1.29 is 24.0 Å². The number of carbonyl (C=O) groups excluding carboxylic acids is 2. The van der Waals surface area contributed by atoms with Crippen molar-refractivity contribution in [2.75, 3.05) is 26.2 Å². The summed E-state index contributed by atoms with van der Waals surface area (Å²) in [6.07, 6.45) is 5.70. The number of β-amino-alcohol motifs (C(OH)–C–C–N with tert-alkyl or cyclic N) is 1. The van der Waals surface area contributed by atoms with Crippen LogP contribution in [-0.4, -0.2) is 74.2 Å². The monoisotopic (exact) mass is 477 g/mol. The molecule has 0 radical (unpaired) electrons. The fraction of sp³-hybridized carbons (Fsp3) is 0.400. The van der Waals surface area contributed by atoms with E-state index in [0.29, 0.717) is 61.1 Å². The summed E-state index contributed by atoms with van der Waals surface area (Å²) in [5.74, 6) is 0.969. The highest BCUT2D eigenvalue weighted by Crippen LogP contribution is 2.31. The van der Waals surface area contributed by atoms with Crippen LogP contribution in [-0.2, 0) is 4.79 Å². The van der Waals surface area contributed by atoms with Crippen molar-refractivity contribution in [3.63, 3.8) is 0 Å². The van der Waals surface area contributed by atoms with Crippen molar-refractivity contribution in [1.82, 2.24) is 24.9 Å². The maximum Gasteiger partial charge on any atom is 0.261 e. The van der Waals surface area contributed by atoms with Gasteiger partial charge in [0.25, 0.3) is 11.8 Å². The number of para-hydroxylation sites is 1. The molecule has 0 aliphatic carbocycles. The minimum Gasteiger partial charge on any atom is -0.484 e. The summed E-state index contributed by atoms with van der Waals surface area (Å²) in [5, 5.41) is 13.8. The van der Waals surface area contributed by atoms with E-state index in [4.69, 9.17) is 9.26 Å². The molecular weight excluding hydrogens is 450 g/mol. The van der Waals surface area contributed by atoms with Gasteiger partial charge in [-0.15, -0.1) is 0 Å². The molecule has 2 aliphatic heterocycles. The highest BCUT2D eigenvalue weighted by atomic mass is 16.5. The predicted molar refractivity (Wildman–Crippen MR) is 124 cm³/mol. The molecule has 0 bridgehead atoms. The molecule has 5 rings (SSSR count). The number of aliphatic hydroxyl groups is 1. The summed E-state index contributed by atoms with van der Waals surface area (Å²) in [4.78, 5) is 37.8. The molecule has 0 saturated carbocycles. The summed E-state index contributed by atoms with van der Waals surface area (Å²) in [7, 11) is 0. The van der Waals surface area contributed by atoms with E-state index in [9.17, 15) is 14.7 Å². The van der Waals surface area contributed by atoms with Crippen LogP contribution >= 0.6 is 0 Å². The van der Waals surface area contributed by atoms with E-state index in [1.54, 1.807) is 22.1 Å². The van der Waals surface area contributed by atoms with Gasteiger partial charge in [-0.1, -0.05) is 23.4 Å². The first kappa shape index (κ1) is 23.0. The van der Waals surface area contributed by atoms with Crippen molar-refractivity contribution in [3.8, 4) is 17.1 Å². The van der Waals surface area contributed by atoms with Crippen LogP contribution in [0.3, 0.4) is 0 Å². The Bertz CT molecular complexity index is 1180. The molecule has 2 aromatic heterocycles. The molecule has 0 spiro atoms. The lowest BCUT2D eigenvalue weighted by Crippen LogP contribution is -2.41. The Morgan fingerprint density at radius 3 is 2.77 bits per heavy atom. The summed E-state index contributed by atoms with van der Waals surface area (Å²) >= 11 is 0. The largest absolute Gasteiger partial charge is 0.484 e. The van der Waals surface area contributed by atoms with E-state index in [2.05, 4.69) is 15.1 Å². The van der Waals surface area contributed by atoms with Crippen LogP contribution in [0.25, 0.3) is 11.4 Å². The highest BCUT2D eigenvalue weighted by Gasteiger charge is 2.33. The first-order valence-corrected chi connectivity index (χ1v) is 11.8. The number of piperidine rings is 1. The standard InChI is InChI=1S/C25H27N5O5/c31-19-9-11-29(15-19)25(33)18-12-17(13-26-14-18)23-27-24(35-28-23)21-8-4-5-10-30(21)22(32)16-34-20-6-2-1-3-7-20/h1-3,6-7,12-14,19,21,31H,4-5,8-11,15-16H2. The van der Waals surface area contributed by atoms with E-state index in [1.807, 2.05) is 30.3 Å². The summed E-state index contributed by atoms with van der Waals surface area (Å²) in [6.45, 7) is 1.35. The van der Waals surface area contributed by atoms with Crippen molar-refractivity contribution in [1.29, 1.82) is 0 Å². The first-order valence-electron chi connectivity index (χ1n) is 11.8. The van der Waals surface area contributed by atoms with E-state index in [1.165, 1.54) is 6.20 Å². The van der Waals surface area contributed by atoms with Crippen molar-refractivity contribution in [2.24, 2.45) is 0 Å². The van der Waals surface area contributed by atoms with Crippen LogP contribution < -0.4 is 4.74 Å². The normalized spacial score (nSPS) is 20.1. The lowest BCUT2D eigenvalue weighted by Gasteiger charge is -2.33. The average Bonchev–Trinajstić information content (AvgIpc) is 3.57. The van der Waals surface area contributed by atoms with Gasteiger partial charge in [-0.25, -0.2) is 0 Å². The maximum atomic E-state index is 12.9. The van der Waals surface area contributed by atoms with Gasteiger partial charge in [0.05, 0.1) is 11.7 Å². The van der Waals surface area contributed by atoms with Gasteiger partial charge in [0, 0.05) is 37.6 Å². The van der Waals surface area contributed by atoms with E-state index < -0.39 is 6.10 Å². The molecule has 10 nitrogen and oxygen atoms in total. The van der Waals surface area contributed by atoms with Gasteiger partial charge in [-0.05, 0) is 43.9 Å². The highest BCUT2D eigenvalue weighted by molar-refractivity contribution is 5.95. The Labute approximate surface area is 202 Å². The molecule has 1 aromatic carbocycles. The fourth-order valence-corrected chi connectivity index (χ4v) is 4.51. The molecule has 2 unspecified atom stereocenters. The third-order valence-electron chi connectivity index (χ3n) is 6.35. The Kier molecular flexibility index (Phi) is 6.71. The predicted octanol–water partition coefficient (Wildman–Crippen LogP) is 2.47. The lowest BCUT2D eigenvalue weighted by atomic mass is 10.0. The molecule has 10 heteroatoms. The molecule has 3 aromatic rings. The smallest absolute Gasteiger partial charge is 0.261 e. The molecule has 2 amide bonds. The third-order valence-corrected chi connectivity index (χ3v) is 6.35. The van der Waals surface area contributed by atoms with Gasteiger partial charge in [0.1, 0.15) is 11.8 Å². The number of aliphatic hydroxyl groups excluding tert-OH is 1. The molecule has 1 N–H and O–H groups in total. The van der Waals surface area contributed by atoms with Gasteiger partial charge in [-0.3, -0.25) is 14.6 Å². The van der Waals surface area contributed by atoms with Crippen LogP contribution in [0, 0.1) is 0 Å². The number of amides is 2. The number of pyridine rings is 1. The number of hydrogen-bond donors (Lipinski definition) is 1. The van der Waals surface area contributed by atoms with Gasteiger partial charge in [0.2, 0.25) is 11.7 Å². The number of benzene rings is 1. The molecule has 2 atom stereocenters. The second-order valence-electron chi connectivity index (χ2n) is 8.81.